The predicted octanol–water partition coefficient (Wildman–Crippen LogP) is 3.75. The molecule has 1 fully saturated rings. The summed E-state index contributed by atoms with van der Waals surface area (Å²) in [5.41, 5.74) is -0.182. The molecule has 0 aliphatic carbocycles. The van der Waals surface area contributed by atoms with Crippen LogP contribution in [0.5, 0.6) is 5.75 Å². The second-order valence-electron chi connectivity index (χ2n) is 5.65. The second kappa shape index (κ2) is 8.15. The summed E-state index contributed by atoms with van der Waals surface area (Å²) in [7, 11) is -2.09. The number of cyclic esters (lactones) is 1. The van der Waals surface area contributed by atoms with Crippen LogP contribution >= 0.6 is 7.60 Å². The number of para-hydroxylation sites is 1. The van der Waals surface area contributed by atoms with E-state index in [0.717, 1.165) is 5.56 Å². The van der Waals surface area contributed by atoms with Gasteiger partial charge in [-0.15, -0.1) is 0 Å². The minimum atomic E-state index is -3.66. The SMILES string of the molecule is CCOP(=O)(OCC)[C@H]1C(=O)O[C@@H](C)C[C@@H]1c1ccccc1OC. The Labute approximate surface area is 143 Å². The highest BCUT2D eigenvalue weighted by atomic mass is 31.2. The molecule has 6 nitrogen and oxygen atoms in total. The third-order valence-electron chi connectivity index (χ3n) is 4.02. The Morgan fingerprint density at radius 2 is 1.83 bits per heavy atom. The van der Waals surface area contributed by atoms with Gasteiger partial charge >= 0.3 is 13.6 Å². The maximum absolute atomic E-state index is 13.3. The summed E-state index contributed by atoms with van der Waals surface area (Å²) in [5.74, 6) is -0.259. The molecule has 0 spiro atoms. The molecule has 0 saturated carbocycles. The first-order chi connectivity index (χ1) is 11.5. The standard InChI is InChI=1S/C17H25O6P/c1-5-21-24(19,22-6-2)16-14(11-12(3)23-17(16)18)13-9-7-8-10-15(13)20-4/h7-10,12,14,16H,5-6,11H2,1-4H3/t12-,14+,16+/m0/s1. The van der Waals surface area contributed by atoms with Crippen molar-refractivity contribution in [2.45, 2.75) is 44.9 Å². The molecule has 0 N–H and O–H groups in total. The van der Waals surface area contributed by atoms with Gasteiger partial charge in [0.25, 0.3) is 0 Å². The van der Waals surface area contributed by atoms with Gasteiger partial charge in [-0.1, -0.05) is 18.2 Å². The normalized spacial score (nSPS) is 24.5. The Morgan fingerprint density at radius 3 is 2.42 bits per heavy atom. The third kappa shape index (κ3) is 3.82. The Hall–Kier alpha value is -1.36. The van der Waals surface area contributed by atoms with Gasteiger partial charge in [-0.25, -0.2) is 0 Å². The highest BCUT2D eigenvalue weighted by Gasteiger charge is 2.51. The lowest BCUT2D eigenvalue weighted by atomic mass is 9.87. The molecule has 3 atom stereocenters. The molecule has 24 heavy (non-hydrogen) atoms. The summed E-state index contributed by atoms with van der Waals surface area (Å²) in [6, 6.07) is 7.42. The molecular weight excluding hydrogens is 331 g/mol. The summed E-state index contributed by atoms with van der Waals surface area (Å²) in [5, 5.41) is 0. The quantitative estimate of drug-likeness (QED) is 0.547. The smallest absolute Gasteiger partial charge is 0.345 e. The van der Waals surface area contributed by atoms with E-state index >= 15 is 0 Å². The zero-order chi connectivity index (χ0) is 17.7. The summed E-state index contributed by atoms with van der Waals surface area (Å²) in [4.78, 5) is 12.6. The van der Waals surface area contributed by atoms with Crippen LogP contribution in [0, 0.1) is 0 Å². The van der Waals surface area contributed by atoms with Crippen LogP contribution in [0.25, 0.3) is 0 Å². The number of hydrogen-bond donors (Lipinski definition) is 0. The molecule has 1 aliphatic heterocycles. The van der Waals surface area contributed by atoms with E-state index in [1.165, 1.54) is 0 Å². The van der Waals surface area contributed by atoms with Gasteiger partial charge in [-0.2, -0.15) is 0 Å². The fourth-order valence-electron chi connectivity index (χ4n) is 3.14. The average molecular weight is 356 g/mol. The van der Waals surface area contributed by atoms with Crippen molar-refractivity contribution in [1.29, 1.82) is 0 Å². The van der Waals surface area contributed by atoms with Crippen molar-refractivity contribution >= 4 is 13.6 Å². The van der Waals surface area contributed by atoms with E-state index in [1.54, 1.807) is 21.0 Å². The number of carbonyl (C=O) groups excluding carboxylic acids is 1. The van der Waals surface area contributed by atoms with E-state index in [2.05, 4.69) is 0 Å². The van der Waals surface area contributed by atoms with Gasteiger partial charge in [-0.05, 0) is 38.8 Å². The molecule has 7 heteroatoms. The van der Waals surface area contributed by atoms with Gasteiger partial charge in [0.2, 0.25) is 0 Å². The van der Waals surface area contributed by atoms with Gasteiger partial charge in [0.05, 0.1) is 26.4 Å². The van der Waals surface area contributed by atoms with Crippen LogP contribution in [0.15, 0.2) is 24.3 Å². The van der Waals surface area contributed by atoms with E-state index < -0.39 is 19.2 Å². The van der Waals surface area contributed by atoms with Crippen LogP contribution in [0.3, 0.4) is 0 Å². The predicted molar refractivity (Wildman–Crippen MR) is 90.6 cm³/mol. The Morgan fingerprint density at radius 1 is 1.21 bits per heavy atom. The van der Waals surface area contributed by atoms with E-state index in [1.807, 2.05) is 31.2 Å². The summed E-state index contributed by atoms with van der Waals surface area (Å²) >= 11 is 0. The van der Waals surface area contributed by atoms with Gasteiger partial charge in [-0.3, -0.25) is 9.36 Å². The van der Waals surface area contributed by atoms with E-state index in [0.29, 0.717) is 12.2 Å². The maximum Gasteiger partial charge on any atom is 0.345 e. The molecule has 0 unspecified atom stereocenters. The molecule has 1 heterocycles. The second-order valence-corrected chi connectivity index (χ2v) is 7.80. The Bertz CT molecular complexity index is 607. The maximum atomic E-state index is 13.3. The first-order valence-electron chi connectivity index (χ1n) is 8.19. The van der Waals surface area contributed by atoms with Crippen LogP contribution in [0.1, 0.15) is 38.7 Å². The van der Waals surface area contributed by atoms with Crippen molar-refractivity contribution < 1.29 is 27.9 Å². The first kappa shape index (κ1) is 19.0. The first-order valence-corrected chi connectivity index (χ1v) is 9.80. The molecular formula is C17H25O6P. The molecule has 1 aliphatic rings. The lowest BCUT2D eigenvalue weighted by Gasteiger charge is -2.37. The summed E-state index contributed by atoms with van der Waals surface area (Å²) in [6.45, 7) is 5.65. The molecule has 0 amide bonds. The van der Waals surface area contributed by atoms with Crippen molar-refractivity contribution in [3.05, 3.63) is 29.8 Å². The Balaban J connectivity index is 2.51. The Kier molecular flexibility index (Phi) is 6.44. The van der Waals surface area contributed by atoms with Crippen molar-refractivity contribution in [3.8, 4) is 5.75 Å². The van der Waals surface area contributed by atoms with Crippen LogP contribution in [0.2, 0.25) is 0 Å². The highest BCUT2D eigenvalue weighted by molar-refractivity contribution is 7.55. The van der Waals surface area contributed by atoms with Crippen molar-refractivity contribution in [1.82, 2.24) is 0 Å². The molecule has 0 bridgehead atoms. The summed E-state index contributed by atoms with van der Waals surface area (Å²) < 4.78 is 34.9. The zero-order valence-corrected chi connectivity index (χ0v) is 15.5. The molecule has 1 aromatic carbocycles. The molecule has 134 valence electrons. The average Bonchev–Trinajstić information content (AvgIpc) is 2.54. The molecule has 1 aromatic rings. The van der Waals surface area contributed by atoms with Gasteiger partial charge in [0.1, 0.15) is 5.75 Å². The number of hydrogen-bond acceptors (Lipinski definition) is 6. The number of rotatable bonds is 7. The van der Waals surface area contributed by atoms with E-state index in [4.69, 9.17) is 18.5 Å². The third-order valence-corrected chi connectivity index (χ3v) is 6.51. The largest absolute Gasteiger partial charge is 0.496 e. The fourth-order valence-corrected chi connectivity index (χ4v) is 5.30. The van der Waals surface area contributed by atoms with Crippen LogP contribution in [-0.4, -0.2) is 38.1 Å². The van der Waals surface area contributed by atoms with Crippen molar-refractivity contribution in [3.63, 3.8) is 0 Å². The van der Waals surface area contributed by atoms with Gasteiger partial charge in [0, 0.05) is 5.92 Å². The van der Waals surface area contributed by atoms with Crippen LogP contribution in [-0.2, 0) is 23.1 Å². The monoisotopic (exact) mass is 356 g/mol. The van der Waals surface area contributed by atoms with Crippen molar-refractivity contribution in [2.75, 3.05) is 20.3 Å². The number of methoxy groups -OCH3 is 1. The minimum Gasteiger partial charge on any atom is -0.496 e. The van der Waals surface area contributed by atoms with Crippen molar-refractivity contribution in [2.24, 2.45) is 0 Å². The fraction of sp³-hybridized carbons (Fsp3) is 0.588. The van der Waals surface area contributed by atoms with E-state index in [-0.39, 0.29) is 25.2 Å². The molecule has 0 aromatic heterocycles. The number of benzene rings is 1. The molecule has 0 radical (unpaired) electrons. The molecule has 1 saturated heterocycles. The highest BCUT2D eigenvalue weighted by Crippen LogP contribution is 2.60. The van der Waals surface area contributed by atoms with Crippen LogP contribution in [0.4, 0.5) is 0 Å². The summed E-state index contributed by atoms with van der Waals surface area (Å²) in [6.07, 6.45) is 0.251. The molecule has 2 rings (SSSR count). The number of ether oxygens (including phenoxy) is 2. The topological polar surface area (TPSA) is 71.1 Å². The zero-order valence-electron chi connectivity index (χ0n) is 14.6. The van der Waals surface area contributed by atoms with E-state index in [9.17, 15) is 9.36 Å². The van der Waals surface area contributed by atoms with Gasteiger partial charge in [0.15, 0.2) is 5.66 Å². The van der Waals surface area contributed by atoms with Crippen LogP contribution < -0.4 is 4.74 Å². The minimum absolute atomic E-state index is 0.190. The van der Waals surface area contributed by atoms with Gasteiger partial charge < -0.3 is 18.5 Å². The number of esters is 1. The lowest BCUT2D eigenvalue weighted by Crippen LogP contribution is -2.40. The lowest BCUT2D eigenvalue weighted by molar-refractivity contribution is -0.153. The number of carbonyl (C=O) groups is 1.